The molecule has 0 atom stereocenters. The van der Waals surface area contributed by atoms with Crippen molar-refractivity contribution in [3.05, 3.63) is 29.8 Å². The Morgan fingerprint density at radius 1 is 1.20 bits per heavy atom. The molecule has 0 bridgehead atoms. The zero-order chi connectivity index (χ0) is 14.8. The predicted molar refractivity (Wildman–Crippen MR) is 77.3 cm³/mol. The number of carbonyl (C=O) groups excluding carboxylic acids is 1. The third-order valence-corrected chi connectivity index (χ3v) is 4.26. The number of carbonyl (C=O) groups is 1. The molecule has 1 aliphatic rings. The summed E-state index contributed by atoms with van der Waals surface area (Å²) in [5, 5.41) is 7.74. The molecule has 0 unspecified atom stereocenters. The average Bonchev–Trinajstić information content (AvgIpc) is 2.78. The van der Waals surface area contributed by atoms with Crippen LogP contribution in [0.1, 0.15) is 31.2 Å². The Hall–Kier alpha value is -1.44. The third-order valence-electron chi connectivity index (χ3n) is 3.53. The minimum atomic E-state index is -3.54. The second-order valence-electron chi connectivity index (χ2n) is 5.32. The maximum atomic E-state index is 12.1. The lowest BCUT2D eigenvalue weighted by Gasteiger charge is -2.22. The highest BCUT2D eigenvalue weighted by atomic mass is 32.2. The van der Waals surface area contributed by atoms with E-state index in [9.17, 15) is 13.2 Å². The first-order chi connectivity index (χ1) is 9.28. The molecular formula is C13H19N3O3S. The molecule has 6 nitrogen and oxygen atoms in total. The number of benzene rings is 1. The molecule has 5 N–H and O–H groups in total. The Morgan fingerprint density at radius 2 is 1.75 bits per heavy atom. The van der Waals surface area contributed by atoms with E-state index in [1.54, 1.807) is 24.3 Å². The highest BCUT2D eigenvalue weighted by Crippen LogP contribution is 2.28. The van der Waals surface area contributed by atoms with Crippen molar-refractivity contribution in [2.24, 2.45) is 10.9 Å². The number of sulfonamides is 1. The number of hydrogen-bond acceptors (Lipinski definition) is 4. The van der Waals surface area contributed by atoms with Gasteiger partial charge in [0.2, 0.25) is 15.9 Å². The molecule has 0 saturated heterocycles. The second kappa shape index (κ2) is 5.51. The summed E-state index contributed by atoms with van der Waals surface area (Å²) in [5.74, 6) is -0.406. The topological polar surface area (TPSA) is 115 Å². The van der Waals surface area contributed by atoms with Gasteiger partial charge in [-0.2, -0.15) is 0 Å². The molecule has 1 aliphatic carbocycles. The van der Waals surface area contributed by atoms with Crippen LogP contribution in [0.25, 0.3) is 0 Å². The number of nitrogens with one attached hydrogen (secondary N) is 1. The summed E-state index contributed by atoms with van der Waals surface area (Å²) in [7, 11) is -3.54. The van der Waals surface area contributed by atoms with Gasteiger partial charge in [-0.1, -0.05) is 25.0 Å². The number of primary sulfonamides is 1. The van der Waals surface area contributed by atoms with Crippen molar-refractivity contribution in [2.45, 2.75) is 37.0 Å². The van der Waals surface area contributed by atoms with Crippen molar-refractivity contribution in [3.8, 4) is 0 Å². The van der Waals surface area contributed by atoms with Gasteiger partial charge in [0.15, 0.2) is 0 Å². The average molecular weight is 297 g/mol. The van der Waals surface area contributed by atoms with Crippen LogP contribution in [-0.2, 0) is 20.6 Å². The Labute approximate surface area is 118 Å². The lowest BCUT2D eigenvalue weighted by molar-refractivity contribution is -0.121. The van der Waals surface area contributed by atoms with Gasteiger partial charge in [-0.15, -0.1) is 0 Å². The maximum Gasteiger partial charge on any atom is 0.244 e. The zero-order valence-corrected chi connectivity index (χ0v) is 11.9. The third kappa shape index (κ3) is 3.78. The van der Waals surface area contributed by atoms with Crippen molar-refractivity contribution in [1.29, 1.82) is 0 Å². The fraction of sp³-hybridized carbons (Fsp3) is 0.462. The maximum absolute atomic E-state index is 12.1. The lowest BCUT2D eigenvalue weighted by atomic mass is 9.98. The number of amides is 1. The zero-order valence-electron chi connectivity index (χ0n) is 11.1. The molecule has 0 heterocycles. The number of rotatable bonds is 4. The van der Waals surface area contributed by atoms with E-state index in [0.29, 0.717) is 24.1 Å². The van der Waals surface area contributed by atoms with Crippen molar-refractivity contribution in [1.82, 2.24) is 0 Å². The summed E-state index contributed by atoms with van der Waals surface area (Å²) in [6.45, 7) is 0. The molecule has 1 fully saturated rings. The van der Waals surface area contributed by atoms with Crippen LogP contribution in [0, 0.1) is 0 Å². The number of nitrogens with two attached hydrogens (primary N) is 2. The Morgan fingerprint density at radius 3 is 2.25 bits per heavy atom. The summed E-state index contributed by atoms with van der Waals surface area (Å²) in [4.78, 5) is 12.1. The van der Waals surface area contributed by atoms with Gasteiger partial charge in [0.1, 0.15) is 0 Å². The van der Waals surface area contributed by atoms with E-state index in [4.69, 9.17) is 10.9 Å². The Kier molecular flexibility index (Phi) is 4.12. The van der Waals surface area contributed by atoms with E-state index < -0.39 is 15.6 Å². The van der Waals surface area contributed by atoms with Gasteiger partial charge in [-0.05, 0) is 30.5 Å². The molecule has 1 saturated carbocycles. The molecule has 110 valence electrons. The second-order valence-corrected chi connectivity index (χ2v) is 6.94. The molecule has 1 aromatic rings. The van der Waals surface area contributed by atoms with Crippen LogP contribution in [0.15, 0.2) is 24.3 Å². The molecule has 1 aromatic carbocycles. The van der Waals surface area contributed by atoms with Crippen LogP contribution in [-0.4, -0.2) is 19.9 Å². The summed E-state index contributed by atoms with van der Waals surface area (Å²) in [6.07, 6.45) is 3.33. The molecule has 0 aliphatic heterocycles. The van der Waals surface area contributed by atoms with Crippen LogP contribution >= 0.6 is 0 Å². The molecule has 0 spiro atoms. The highest BCUT2D eigenvalue weighted by molar-refractivity contribution is 7.88. The highest BCUT2D eigenvalue weighted by Gasteiger charge is 2.36. The van der Waals surface area contributed by atoms with E-state index in [0.717, 1.165) is 12.8 Å². The monoisotopic (exact) mass is 297 g/mol. The molecule has 0 aromatic heterocycles. The molecular weight excluding hydrogens is 278 g/mol. The van der Waals surface area contributed by atoms with Crippen molar-refractivity contribution < 1.29 is 13.2 Å². The molecule has 7 heteroatoms. The summed E-state index contributed by atoms with van der Waals surface area (Å²) >= 11 is 0. The summed E-state index contributed by atoms with van der Waals surface area (Å²) in [6, 6.07) is 6.54. The van der Waals surface area contributed by atoms with Gasteiger partial charge < -0.3 is 11.1 Å². The van der Waals surface area contributed by atoms with E-state index in [-0.39, 0.29) is 11.7 Å². The molecule has 20 heavy (non-hydrogen) atoms. The van der Waals surface area contributed by atoms with Crippen molar-refractivity contribution >= 4 is 21.6 Å². The standard InChI is InChI=1S/C13H19N3O3S/c14-13(7-1-2-8-13)12(17)16-11-5-3-10(4-6-11)9-20(15,18)19/h3-6H,1-2,7-9,14H2,(H,16,17)(H2,15,18,19). The fourth-order valence-corrected chi connectivity index (χ4v) is 3.06. The van der Waals surface area contributed by atoms with E-state index in [1.807, 2.05) is 0 Å². The number of anilines is 1. The Balaban J connectivity index is 2.02. The molecule has 2 rings (SSSR count). The van der Waals surface area contributed by atoms with Gasteiger partial charge in [-0.3, -0.25) is 4.79 Å². The summed E-state index contributed by atoms with van der Waals surface area (Å²) < 4.78 is 21.9. The van der Waals surface area contributed by atoms with Crippen LogP contribution in [0.4, 0.5) is 5.69 Å². The first-order valence-electron chi connectivity index (χ1n) is 6.48. The minimum absolute atomic E-state index is 0.186. The summed E-state index contributed by atoms with van der Waals surface area (Å²) in [5.41, 5.74) is 6.46. The largest absolute Gasteiger partial charge is 0.324 e. The van der Waals surface area contributed by atoms with Crippen molar-refractivity contribution in [3.63, 3.8) is 0 Å². The normalized spacial score (nSPS) is 17.9. The van der Waals surface area contributed by atoms with Gasteiger partial charge in [0.25, 0.3) is 0 Å². The van der Waals surface area contributed by atoms with Gasteiger partial charge in [-0.25, -0.2) is 13.6 Å². The van der Waals surface area contributed by atoms with Crippen LogP contribution in [0.5, 0.6) is 0 Å². The van der Waals surface area contributed by atoms with E-state index in [2.05, 4.69) is 5.32 Å². The van der Waals surface area contributed by atoms with Gasteiger partial charge in [0.05, 0.1) is 11.3 Å². The van der Waals surface area contributed by atoms with Crippen LogP contribution in [0.3, 0.4) is 0 Å². The fourth-order valence-electron chi connectivity index (χ4n) is 2.41. The predicted octanol–water partition coefficient (Wildman–Crippen LogP) is 0.685. The van der Waals surface area contributed by atoms with Gasteiger partial charge >= 0.3 is 0 Å². The van der Waals surface area contributed by atoms with E-state index in [1.165, 1.54) is 0 Å². The number of hydrogen-bond donors (Lipinski definition) is 3. The van der Waals surface area contributed by atoms with Crippen LogP contribution < -0.4 is 16.2 Å². The first-order valence-corrected chi connectivity index (χ1v) is 8.20. The van der Waals surface area contributed by atoms with Crippen molar-refractivity contribution in [2.75, 3.05) is 5.32 Å². The molecule has 1 amide bonds. The van der Waals surface area contributed by atoms with E-state index >= 15 is 0 Å². The molecule has 0 radical (unpaired) electrons. The minimum Gasteiger partial charge on any atom is -0.324 e. The smallest absolute Gasteiger partial charge is 0.244 e. The SMILES string of the molecule is NC1(C(=O)Nc2ccc(CS(N)(=O)=O)cc2)CCCC1. The lowest BCUT2D eigenvalue weighted by Crippen LogP contribution is -2.48. The quantitative estimate of drug-likeness (QED) is 0.758. The Bertz CT molecular complexity index is 590. The van der Waals surface area contributed by atoms with Crippen LogP contribution in [0.2, 0.25) is 0 Å². The van der Waals surface area contributed by atoms with Gasteiger partial charge in [0, 0.05) is 5.69 Å². The first kappa shape index (κ1) is 15.0.